The number of aryl methyl sites for hydroxylation is 1. The molecule has 8 heteroatoms. The maximum Gasteiger partial charge on any atom is 0.247 e. The van der Waals surface area contributed by atoms with Crippen molar-refractivity contribution in [2.24, 2.45) is 0 Å². The number of hydrogen-bond donors (Lipinski definition) is 1. The SMILES string of the molecule is COc1ccc(C)cc1N(C(C)C(=O)Nc1cccc(OC(C)C)c1)S(C)(=O)=O. The number of amides is 1. The summed E-state index contributed by atoms with van der Waals surface area (Å²) in [7, 11) is -2.30. The summed E-state index contributed by atoms with van der Waals surface area (Å²) in [6.45, 7) is 7.19. The number of nitrogens with zero attached hydrogens (tertiary/aromatic N) is 1. The number of benzene rings is 2. The smallest absolute Gasteiger partial charge is 0.247 e. The fourth-order valence-corrected chi connectivity index (χ4v) is 4.09. The molecule has 0 spiro atoms. The summed E-state index contributed by atoms with van der Waals surface area (Å²) in [5, 5.41) is 2.76. The number of sulfonamides is 1. The number of nitrogens with one attached hydrogen (secondary N) is 1. The summed E-state index contributed by atoms with van der Waals surface area (Å²) in [5.74, 6) is 0.513. The highest BCUT2D eigenvalue weighted by molar-refractivity contribution is 7.92. The molecule has 1 amide bonds. The first-order valence-corrected chi connectivity index (χ1v) is 11.1. The van der Waals surface area contributed by atoms with Gasteiger partial charge in [0.05, 0.1) is 25.2 Å². The zero-order valence-electron chi connectivity index (χ0n) is 17.6. The molecule has 0 bridgehead atoms. The third-order valence-electron chi connectivity index (χ3n) is 4.13. The molecule has 7 nitrogen and oxygen atoms in total. The van der Waals surface area contributed by atoms with Crippen molar-refractivity contribution in [3.8, 4) is 11.5 Å². The second-order valence-corrected chi connectivity index (χ2v) is 8.95. The molecule has 1 atom stereocenters. The van der Waals surface area contributed by atoms with Gasteiger partial charge in [-0.1, -0.05) is 12.1 Å². The highest BCUT2D eigenvalue weighted by Crippen LogP contribution is 2.33. The first kappa shape index (κ1) is 22.5. The minimum atomic E-state index is -3.76. The predicted octanol–water partition coefficient (Wildman–Crippen LogP) is 3.58. The van der Waals surface area contributed by atoms with E-state index in [0.717, 1.165) is 16.1 Å². The lowest BCUT2D eigenvalue weighted by Gasteiger charge is -2.29. The van der Waals surface area contributed by atoms with E-state index in [-0.39, 0.29) is 6.10 Å². The van der Waals surface area contributed by atoms with Crippen LogP contribution in [0.4, 0.5) is 11.4 Å². The van der Waals surface area contributed by atoms with E-state index in [9.17, 15) is 13.2 Å². The number of anilines is 2. The average Bonchev–Trinajstić information content (AvgIpc) is 2.60. The van der Waals surface area contributed by atoms with Crippen LogP contribution in [-0.2, 0) is 14.8 Å². The second-order valence-electron chi connectivity index (χ2n) is 7.09. The molecule has 0 heterocycles. The van der Waals surface area contributed by atoms with Gasteiger partial charge in [0, 0.05) is 11.8 Å². The van der Waals surface area contributed by atoms with Crippen molar-refractivity contribution >= 4 is 27.3 Å². The first-order chi connectivity index (χ1) is 13.5. The van der Waals surface area contributed by atoms with Gasteiger partial charge in [-0.05, 0) is 57.5 Å². The van der Waals surface area contributed by atoms with Crippen molar-refractivity contribution in [1.29, 1.82) is 0 Å². The number of hydrogen-bond acceptors (Lipinski definition) is 5. The van der Waals surface area contributed by atoms with E-state index >= 15 is 0 Å². The average molecular weight is 421 g/mol. The number of carbonyl (C=O) groups is 1. The van der Waals surface area contributed by atoms with Gasteiger partial charge in [-0.2, -0.15) is 0 Å². The third kappa shape index (κ3) is 5.87. The lowest BCUT2D eigenvalue weighted by Crippen LogP contribution is -2.45. The van der Waals surface area contributed by atoms with E-state index in [1.807, 2.05) is 26.8 Å². The van der Waals surface area contributed by atoms with Crippen molar-refractivity contribution < 1.29 is 22.7 Å². The number of methoxy groups -OCH3 is 1. The van der Waals surface area contributed by atoms with E-state index in [1.165, 1.54) is 14.0 Å². The van der Waals surface area contributed by atoms with Gasteiger partial charge >= 0.3 is 0 Å². The molecular formula is C21H28N2O5S. The lowest BCUT2D eigenvalue weighted by atomic mass is 10.2. The molecule has 0 aliphatic carbocycles. The zero-order chi connectivity index (χ0) is 21.8. The standard InChI is InChI=1S/C21H28N2O5S/c1-14(2)28-18-9-7-8-17(13-18)22-21(24)16(4)23(29(6,25)26)19-12-15(3)10-11-20(19)27-5/h7-14,16H,1-6H3,(H,22,24). The summed E-state index contributed by atoms with van der Waals surface area (Å²) in [4.78, 5) is 12.9. The van der Waals surface area contributed by atoms with Crippen LogP contribution in [0.5, 0.6) is 11.5 Å². The zero-order valence-corrected chi connectivity index (χ0v) is 18.4. The van der Waals surface area contributed by atoms with Crippen molar-refractivity contribution in [3.63, 3.8) is 0 Å². The maximum absolute atomic E-state index is 12.9. The van der Waals surface area contributed by atoms with Crippen LogP contribution in [-0.4, -0.2) is 39.8 Å². The second kappa shape index (κ2) is 9.17. The number of carbonyl (C=O) groups excluding carboxylic acids is 1. The highest BCUT2D eigenvalue weighted by Gasteiger charge is 2.31. The van der Waals surface area contributed by atoms with Crippen molar-refractivity contribution in [2.45, 2.75) is 39.8 Å². The summed E-state index contributed by atoms with van der Waals surface area (Å²) in [5.41, 5.74) is 1.68. The van der Waals surface area contributed by atoms with Crippen molar-refractivity contribution in [1.82, 2.24) is 0 Å². The molecule has 0 aliphatic heterocycles. The molecule has 2 aromatic carbocycles. The van der Waals surface area contributed by atoms with Gasteiger partial charge in [-0.25, -0.2) is 8.42 Å². The van der Waals surface area contributed by atoms with Gasteiger partial charge < -0.3 is 14.8 Å². The molecule has 2 aromatic rings. The van der Waals surface area contributed by atoms with E-state index in [2.05, 4.69) is 5.32 Å². The summed E-state index contributed by atoms with van der Waals surface area (Å²) in [6, 6.07) is 11.1. The van der Waals surface area contributed by atoms with Crippen LogP contribution in [0.2, 0.25) is 0 Å². The van der Waals surface area contributed by atoms with Crippen molar-refractivity contribution in [2.75, 3.05) is 23.0 Å². The lowest BCUT2D eigenvalue weighted by molar-refractivity contribution is -0.116. The highest BCUT2D eigenvalue weighted by atomic mass is 32.2. The Morgan fingerprint density at radius 3 is 2.38 bits per heavy atom. The molecule has 0 fully saturated rings. The third-order valence-corrected chi connectivity index (χ3v) is 5.36. The van der Waals surface area contributed by atoms with Gasteiger partial charge in [0.1, 0.15) is 17.5 Å². The van der Waals surface area contributed by atoms with E-state index in [0.29, 0.717) is 22.9 Å². The Balaban J connectivity index is 2.35. The van der Waals surface area contributed by atoms with Gasteiger partial charge in [-0.3, -0.25) is 9.10 Å². The number of rotatable bonds is 8. The molecule has 0 aliphatic rings. The molecule has 0 saturated heterocycles. The van der Waals surface area contributed by atoms with Gasteiger partial charge in [0.2, 0.25) is 15.9 Å². The Labute approximate surface area is 172 Å². The number of ether oxygens (including phenoxy) is 2. The van der Waals surface area contributed by atoms with E-state index in [4.69, 9.17) is 9.47 Å². The summed E-state index contributed by atoms with van der Waals surface area (Å²) in [6.07, 6.45) is 1.06. The Kier molecular flexibility index (Phi) is 7.13. The van der Waals surface area contributed by atoms with E-state index in [1.54, 1.807) is 36.4 Å². The predicted molar refractivity (Wildman–Crippen MR) is 115 cm³/mol. The molecular weight excluding hydrogens is 392 g/mol. The quantitative estimate of drug-likeness (QED) is 0.706. The minimum Gasteiger partial charge on any atom is -0.495 e. The molecule has 0 aromatic heterocycles. The van der Waals surface area contributed by atoms with Crippen LogP contribution in [0.25, 0.3) is 0 Å². The maximum atomic E-state index is 12.9. The molecule has 0 radical (unpaired) electrons. The van der Waals surface area contributed by atoms with Gasteiger partial charge in [-0.15, -0.1) is 0 Å². The minimum absolute atomic E-state index is 0.00520. The largest absolute Gasteiger partial charge is 0.495 e. The molecule has 2 rings (SSSR count). The Bertz CT molecular complexity index is 973. The van der Waals surface area contributed by atoms with Crippen LogP contribution in [0.3, 0.4) is 0 Å². The molecule has 1 N–H and O–H groups in total. The topological polar surface area (TPSA) is 84.9 Å². The molecule has 158 valence electrons. The Morgan fingerprint density at radius 2 is 1.79 bits per heavy atom. The molecule has 1 unspecified atom stereocenters. The monoisotopic (exact) mass is 420 g/mol. The van der Waals surface area contributed by atoms with E-state index < -0.39 is 22.0 Å². The first-order valence-electron chi connectivity index (χ1n) is 9.24. The Hall–Kier alpha value is -2.74. The normalized spacial score (nSPS) is 12.4. The van der Waals surface area contributed by atoms with Gasteiger partial charge in [0.15, 0.2) is 0 Å². The Morgan fingerprint density at radius 1 is 1.10 bits per heavy atom. The van der Waals surface area contributed by atoms with Crippen LogP contribution in [0.15, 0.2) is 42.5 Å². The van der Waals surface area contributed by atoms with Crippen LogP contribution < -0.4 is 19.1 Å². The van der Waals surface area contributed by atoms with Crippen LogP contribution in [0.1, 0.15) is 26.3 Å². The van der Waals surface area contributed by atoms with Crippen LogP contribution in [0, 0.1) is 6.92 Å². The van der Waals surface area contributed by atoms with Crippen LogP contribution >= 0.6 is 0 Å². The summed E-state index contributed by atoms with van der Waals surface area (Å²) >= 11 is 0. The summed E-state index contributed by atoms with van der Waals surface area (Å²) < 4.78 is 37.1. The molecule has 29 heavy (non-hydrogen) atoms. The fourth-order valence-electron chi connectivity index (χ4n) is 2.92. The fraction of sp³-hybridized carbons (Fsp3) is 0.381. The molecule has 0 saturated carbocycles. The van der Waals surface area contributed by atoms with Crippen molar-refractivity contribution in [3.05, 3.63) is 48.0 Å². The van der Waals surface area contributed by atoms with Gasteiger partial charge in [0.25, 0.3) is 0 Å².